The highest BCUT2D eigenvalue weighted by molar-refractivity contribution is 8.15. The normalized spacial score (nSPS) is 17.4. The fraction of sp³-hybridized carbons (Fsp3) is 0.381. The van der Waals surface area contributed by atoms with E-state index >= 15 is 0 Å². The van der Waals surface area contributed by atoms with Gasteiger partial charge in [-0.15, -0.1) is 11.8 Å². The fourth-order valence-electron chi connectivity index (χ4n) is 2.49. The number of nitrogens with one attached hydrogen (secondary N) is 1. The van der Waals surface area contributed by atoms with Crippen LogP contribution in [0.5, 0.6) is 0 Å². The molecule has 0 saturated carbocycles. The number of aliphatic imine (C=N–C) groups is 2. The van der Waals surface area contributed by atoms with Crippen LogP contribution in [0.3, 0.4) is 0 Å². The van der Waals surface area contributed by atoms with Crippen molar-refractivity contribution in [1.29, 1.82) is 0 Å². The molecule has 0 aromatic heterocycles. The van der Waals surface area contributed by atoms with Crippen LogP contribution in [0, 0.1) is 0 Å². The summed E-state index contributed by atoms with van der Waals surface area (Å²) in [6.07, 6.45) is 1.29. The molecule has 1 aromatic rings. The number of hydrogen-bond donors (Lipinski definition) is 1. The number of thioether (sulfide) groups is 1. The van der Waals surface area contributed by atoms with E-state index in [0.717, 1.165) is 30.9 Å². The van der Waals surface area contributed by atoms with E-state index in [1.165, 1.54) is 23.9 Å². The van der Waals surface area contributed by atoms with Crippen LogP contribution in [0.1, 0.15) is 24.5 Å². The van der Waals surface area contributed by atoms with E-state index in [9.17, 15) is 13.2 Å². The van der Waals surface area contributed by atoms with Crippen LogP contribution in [0.25, 0.3) is 0 Å². The van der Waals surface area contributed by atoms with Gasteiger partial charge in [0.15, 0.2) is 6.17 Å². The second-order valence-corrected chi connectivity index (χ2v) is 7.89. The molecule has 1 aliphatic rings. The van der Waals surface area contributed by atoms with Crippen molar-refractivity contribution < 1.29 is 13.2 Å². The zero-order valence-electron chi connectivity index (χ0n) is 17.3. The molecular weight excluding hydrogens is 411 g/mol. The van der Waals surface area contributed by atoms with Crippen molar-refractivity contribution in [2.45, 2.75) is 25.7 Å². The number of rotatable bonds is 8. The van der Waals surface area contributed by atoms with Crippen molar-refractivity contribution >= 4 is 28.7 Å². The highest BCUT2D eigenvalue weighted by Crippen LogP contribution is 2.29. The minimum atomic E-state index is -4.38. The van der Waals surface area contributed by atoms with Gasteiger partial charge >= 0.3 is 6.18 Å². The third kappa shape index (κ3) is 7.14. The average molecular weight is 438 g/mol. The lowest BCUT2D eigenvalue weighted by Crippen LogP contribution is -2.34. The van der Waals surface area contributed by atoms with Gasteiger partial charge in [-0.1, -0.05) is 24.8 Å². The summed E-state index contributed by atoms with van der Waals surface area (Å²) >= 11 is 1.52. The van der Waals surface area contributed by atoms with Gasteiger partial charge in [-0.05, 0) is 52.2 Å². The Morgan fingerprint density at radius 2 is 2.00 bits per heavy atom. The third-order valence-electron chi connectivity index (χ3n) is 4.06. The molecule has 162 valence electrons. The topological polar surface area (TPSA) is 52.4 Å². The van der Waals surface area contributed by atoms with Crippen molar-refractivity contribution in [3.63, 3.8) is 0 Å². The molecule has 0 aliphatic carbocycles. The van der Waals surface area contributed by atoms with Gasteiger partial charge in [-0.25, -0.2) is 4.99 Å². The molecule has 0 unspecified atom stereocenters. The molecule has 0 saturated heterocycles. The zero-order chi connectivity index (χ0) is 22.1. The first-order valence-corrected chi connectivity index (χ1v) is 10.4. The molecule has 5 nitrogen and oxygen atoms in total. The van der Waals surface area contributed by atoms with Crippen LogP contribution in [0.4, 0.5) is 13.2 Å². The number of alkyl halides is 3. The highest BCUT2D eigenvalue weighted by Gasteiger charge is 2.30. The predicted octanol–water partition coefficient (Wildman–Crippen LogP) is 4.58. The second kappa shape index (κ2) is 11.1. The van der Waals surface area contributed by atoms with E-state index in [4.69, 9.17) is 0 Å². The van der Waals surface area contributed by atoms with E-state index in [-0.39, 0.29) is 0 Å². The molecule has 0 bridgehead atoms. The number of halogens is 3. The Kier molecular flexibility index (Phi) is 8.86. The van der Waals surface area contributed by atoms with Gasteiger partial charge in [0.05, 0.1) is 11.3 Å². The fourth-order valence-corrected chi connectivity index (χ4v) is 3.43. The second-order valence-electron chi connectivity index (χ2n) is 6.80. The van der Waals surface area contributed by atoms with Crippen LogP contribution in [-0.4, -0.2) is 54.4 Å². The number of allylic oxidation sites excluding steroid dienone is 2. The standard InChI is InChI=1S/C21H26F3N5S/c1-5-6-12-25-15(2)19-26-20(30-14-7-13-29(3)4)18(27-28-19)16-8-10-17(11-9-16)21(22,23)24/h5-6,8-12,19,28H,2,7,13-14H2,1,3-4H3/b6-5-,25-12?/t19-/m0/s1. The Bertz CT molecular complexity index is 839. The number of benzene rings is 1. The van der Waals surface area contributed by atoms with Crippen molar-refractivity contribution in [3.05, 3.63) is 59.8 Å². The molecule has 0 amide bonds. The van der Waals surface area contributed by atoms with E-state index in [1.54, 1.807) is 12.3 Å². The van der Waals surface area contributed by atoms with Crippen LogP contribution in [-0.2, 0) is 6.18 Å². The molecule has 0 spiro atoms. The summed E-state index contributed by atoms with van der Waals surface area (Å²) in [7, 11) is 4.01. The van der Waals surface area contributed by atoms with E-state index in [1.807, 2.05) is 27.1 Å². The molecule has 2 rings (SSSR count). The van der Waals surface area contributed by atoms with Crippen molar-refractivity contribution in [2.24, 2.45) is 15.1 Å². The molecule has 30 heavy (non-hydrogen) atoms. The maximum Gasteiger partial charge on any atom is 0.416 e. The van der Waals surface area contributed by atoms with E-state index < -0.39 is 17.9 Å². The molecule has 9 heteroatoms. The maximum atomic E-state index is 12.9. The Morgan fingerprint density at radius 3 is 2.60 bits per heavy atom. The molecule has 1 atom stereocenters. The van der Waals surface area contributed by atoms with E-state index in [2.05, 4.69) is 32.0 Å². The SMILES string of the molecule is C=C(N=C/C=C\C)[C@H]1N=C(SCCCN(C)C)C(c2ccc(C(F)(F)F)cc2)=NN1. The van der Waals surface area contributed by atoms with Crippen LogP contribution < -0.4 is 5.43 Å². The summed E-state index contributed by atoms with van der Waals surface area (Å²) in [6.45, 7) is 6.74. The average Bonchev–Trinajstić information content (AvgIpc) is 2.70. The highest BCUT2D eigenvalue weighted by atomic mass is 32.2. The first kappa shape index (κ1) is 23.9. The smallest absolute Gasteiger partial charge is 0.309 e. The molecule has 1 N–H and O–H groups in total. The van der Waals surface area contributed by atoms with Gasteiger partial charge in [-0.2, -0.15) is 18.3 Å². The van der Waals surface area contributed by atoms with Gasteiger partial charge in [-0.3, -0.25) is 10.4 Å². The van der Waals surface area contributed by atoms with Crippen molar-refractivity contribution in [3.8, 4) is 0 Å². The molecule has 1 aliphatic heterocycles. The Balaban J connectivity index is 2.22. The van der Waals surface area contributed by atoms with Gasteiger partial charge in [0, 0.05) is 17.5 Å². The lowest BCUT2D eigenvalue weighted by molar-refractivity contribution is -0.137. The van der Waals surface area contributed by atoms with Gasteiger partial charge in [0.25, 0.3) is 0 Å². The Hall–Kier alpha value is -2.39. The van der Waals surface area contributed by atoms with Gasteiger partial charge in [0.2, 0.25) is 0 Å². The molecule has 1 aromatic carbocycles. The van der Waals surface area contributed by atoms with Crippen molar-refractivity contribution in [2.75, 3.05) is 26.4 Å². The van der Waals surface area contributed by atoms with E-state index in [0.29, 0.717) is 22.0 Å². The molecular formula is C21H26F3N5S. The van der Waals surface area contributed by atoms with Gasteiger partial charge < -0.3 is 4.90 Å². The lowest BCUT2D eigenvalue weighted by atomic mass is 10.1. The van der Waals surface area contributed by atoms with Crippen LogP contribution in [0.2, 0.25) is 0 Å². The minimum absolute atomic E-state index is 0.495. The Labute approximate surface area is 179 Å². The minimum Gasteiger partial charge on any atom is -0.309 e. The largest absolute Gasteiger partial charge is 0.416 e. The molecule has 1 heterocycles. The zero-order valence-corrected chi connectivity index (χ0v) is 18.1. The summed E-state index contributed by atoms with van der Waals surface area (Å²) in [5.41, 5.74) is 3.77. The van der Waals surface area contributed by atoms with Crippen LogP contribution >= 0.6 is 11.8 Å². The molecule has 0 fully saturated rings. The first-order valence-electron chi connectivity index (χ1n) is 9.43. The number of nitrogens with zero attached hydrogens (tertiary/aromatic N) is 4. The number of hydrogen-bond acceptors (Lipinski definition) is 6. The summed E-state index contributed by atoms with van der Waals surface area (Å²) in [5, 5.41) is 5.04. The Morgan fingerprint density at radius 1 is 1.30 bits per heavy atom. The van der Waals surface area contributed by atoms with Crippen LogP contribution in [0.15, 0.2) is 63.8 Å². The van der Waals surface area contributed by atoms with Crippen molar-refractivity contribution in [1.82, 2.24) is 10.3 Å². The monoisotopic (exact) mass is 437 g/mol. The first-order chi connectivity index (χ1) is 14.2. The quantitative estimate of drug-likeness (QED) is 0.478. The van der Waals surface area contributed by atoms with Gasteiger partial charge in [0.1, 0.15) is 10.8 Å². The lowest BCUT2D eigenvalue weighted by Gasteiger charge is -2.22. The predicted molar refractivity (Wildman–Crippen MR) is 120 cm³/mol. The number of hydrazone groups is 1. The summed E-state index contributed by atoms with van der Waals surface area (Å²) in [6, 6.07) is 4.94. The molecule has 0 radical (unpaired) electrons. The maximum absolute atomic E-state index is 12.9. The summed E-state index contributed by atoms with van der Waals surface area (Å²) < 4.78 is 38.6. The summed E-state index contributed by atoms with van der Waals surface area (Å²) in [4.78, 5) is 11.0. The third-order valence-corrected chi connectivity index (χ3v) is 5.12. The summed E-state index contributed by atoms with van der Waals surface area (Å²) in [5.74, 6) is 0.803.